The summed E-state index contributed by atoms with van der Waals surface area (Å²) >= 11 is 5.90. The molecule has 2 N–H and O–H groups in total. The Hall–Kier alpha value is -3.15. The lowest BCUT2D eigenvalue weighted by atomic mass is 9.97. The smallest absolute Gasteiger partial charge is 0.446 e. The molecular formula is C24H25ClFNO8S. The quantitative estimate of drug-likeness (QED) is 0.366. The number of hydrogen-bond donors (Lipinski definition) is 2. The SMILES string of the molecule is CC[C@H](C(C)C)n1cc(C(=O)O)c(=O)c2cc(Cc3ccc(OS(=O)(=O)O)c(Cl)c3F)c(OC)cc21. The Bertz CT molecular complexity index is 1500. The summed E-state index contributed by atoms with van der Waals surface area (Å²) in [6, 6.07) is 5.25. The summed E-state index contributed by atoms with van der Waals surface area (Å²) in [6.07, 6.45) is 1.89. The molecule has 194 valence electrons. The Morgan fingerprint density at radius 2 is 1.86 bits per heavy atom. The van der Waals surface area contributed by atoms with E-state index >= 15 is 0 Å². The number of halogens is 2. The van der Waals surface area contributed by atoms with Crippen LogP contribution in [0.5, 0.6) is 11.5 Å². The van der Waals surface area contributed by atoms with Gasteiger partial charge in [-0.15, -0.1) is 0 Å². The highest BCUT2D eigenvalue weighted by Crippen LogP contribution is 2.35. The van der Waals surface area contributed by atoms with Crippen molar-refractivity contribution in [3.8, 4) is 11.5 Å². The number of ether oxygens (including phenoxy) is 1. The summed E-state index contributed by atoms with van der Waals surface area (Å²) in [5.74, 6) is -2.50. The second-order valence-electron chi connectivity index (χ2n) is 8.52. The zero-order chi connectivity index (χ0) is 26.9. The summed E-state index contributed by atoms with van der Waals surface area (Å²) < 4.78 is 57.2. The maximum atomic E-state index is 15.0. The standard InChI is InChI=1S/C24H25ClFNO8S/c1-5-17(12(2)3)27-11-16(24(29)30)23(28)15-9-14(20(34-4)10-18(15)27)8-13-6-7-19(21(25)22(13)26)35-36(31,32)33/h6-7,9-12,17H,5,8H2,1-4H3,(H,29,30)(H,31,32,33)/t17-/m1/s1. The number of aromatic carboxylic acids is 1. The monoisotopic (exact) mass is 541 g/mol. The molecule has 0 saturated carbocycles. The van der Waals surface area contributed by atoms with Crippen LogP contribution >= 0.6 is 11.6 Å². The lowest BCUT2D eigenvalue weighted by molar-refractivity contribution is 0.0694. The fourth-order valence-corrected chi connectivity index (χ4v) is 4.89. The van der Waals surface area contributed by atoms with Crippen LogP contribution in [0.4, 0.5) is 4.39 Å². The molecule has 36 heavy (non-hydrogen) atoms. The van der Waals surface area contributed by atoms with Gasteiger partial charge in [0.25, 0.3) is 0 Å². The predicted molar refractivity (Wildman–Crippen MR) is 132 cm³/mol. The van der Waals surface area contributed by atoms with Gasteiger partial charge >= 0.3 is 16.4 Å². The van der Waals surface area contributed by atoms with Crippen LogP contribution in [0.1, 0.15) is 54.7 Å². The third-order valence-electron chi connectivity index (χ3n) is 5.91. The summed E-state index contributed by atoms with van der Waals surface area (Å²) in [5.41, 5.74) is -0.220. The number of carboxylic acids is 1. The van der Waals surface area contributed by atoms with E-state index in [2.05, 4.69) is 4.18 Å². The van der Waals surface area contributed by atoms with Gasteiger partial charge in [-0.3, -0.25) is 9.35 Å². The van der Waals surface area contributed by atoms with Crippen molar-refractivity contribution in [3.05, 3.63) is 68.2 Å². The second kappa shape index (κ2) is 10.5. The molecule has 0 spiro atoms. The van der Waals surface area contributed by atoms with Crippen LogP contribution < -0.4 is 14.3 Å². The van der Waals surface area contributed by atoms with Crippen molar-refractivity contribution in [1.82, 2.24) is 4.57 Å². The third-order valence-corrected chi connectivity index (χ3v) is 6.66. The predicted octanol–water partition coefficient (Wildman–Crippen LogP) is 4.88. The molecule has 3 rings (SSSR count). The molecular weight excluding hydrogens is 517 g/mol. The minimum absolute atomic E-state index is 0.0173. The van der Waals surface area contributed by atoms with Crippen molar-refractivity contribution in [2.75, 3.05) is 7.11 Å². The van der Waals surface area contributed by atoms with Crippen molar-refractivity contribution in [3.63, 3.8) is 0 Å². The average Bonchev–Trinajstić information content (AvgIpc) is 2.79. The Kier molecular flexibility index (Phi) is 7.97. The molecule has 0 aliphatic carbocycles. The van der Waals surface area contributed by atoms with E-state index in [1.165, 1.54) is 25.4 Å². The first-order valence-corrected chi connectivity index (χ1v) is 12.7. The van der Waals surface area contributed by atoms with Crippen LogP contribution in [0.15, 0.2) is 35.3 Å². The van der Waals surface area contributed by atoms with E-state index in [4.69, 9.17) is 20.9 Å². The maximum Gasteiger partial charge on any atom is 0.446 e. The first kappa shape index (κ1) is 27.4. The highest BCUT2D eigenvalue weighted by molar-refractivity contribution is 7.81. The molecule has 1 aromatic heterocycles. The van der Waals surface area contributed by atoms with Crippen molar-refractivity contribution < 1.29 is 36.2 Å². The fraction of sp³-hybridized carbons (Fsp3) is 0.333. The topological polar surface area (TPSA) is 132 Å². The van der Waals surface area contributed by atoms with Gasteiger partial charge in [-0.2, -0.15) is 8.42 Å². The molecule has 0 aliphatic heterocycles. The molecule has 0 fully saturated rings. The average molecular weight is 542 g/mol. The molecule has 1 heterocycles. The van der Waals surface area contributed by atoms with Gasteiger partial charge in [-0.25, -0.2) is 9.18 Å². The minimum Gasteiger partial charge on any atom is -0.496 e. The molecule has 9 nitrogen and oxygen atoms in total. The zero-order valence-electron chi connectivity index (χ0n) is 19.9. The number of fused-ring (bicyclic) bond motifs is 1. The van der Waals surface area contributed by atoms with Gasteiger partial charge in [-0.05, 0) is 35.6 Å². The Morgan fingerprint density at radius 3 is 2.39 bits per heavy atom. The summed E-state index contributed by atoms with van der Waals surface area (Å²) in [4.78, 5) is 24.9. The lowest BCUT2D eigenvalue weighted by Gasteiger charge is -2.26. The minimum atomic E-state index is -4.91. The third kappa shape index (κ3) is 5.48. The van der Waals surface area contributed by atoms with Crippen molar-refractivity contribution in [1.29, 1.82) is 0 Å². The fourth-order valence-electron chi connectivity index (χ4n) is 4.26. The molecule has 0 saturated heterocycles. The number of hydrogen-bond acceptors (Lipinski definition) is 6. The molecule has 0 unspecified atom stereocenters. The number of benzene rings is 2. The number of methoxy groups -OCH3 is 1. The van der Waals surface area contributed by atoms with Crippen LogP contribution in [-0.2, 0) is 16.8 Å². The van der Waals surface area contributed by atoms with E-state index in [1.807, 2.05) is 20.8 Å². The molecule has 12 heteroatoms. The summed E-state index contributed by atoms with van der Waals surface area (Å²) in [5, 5.41) is 9.11. The maximum absolute atomic E-state index is 15.0. The van der Waals surface area contributed by atoms with Crippen molar-refractivity contribution in [2.45, 2.75) is 39.7 Å². The molecule has 1 atom stereocenters. The van der Waals surface area contributed by atoms with E-state index in [0.717, 1.165) is 6.07 Å². The van der Waals surface area contributed by atoms with Gasteiger partial charge in [0, 0.05) is 30.1 Å². The lowest BCUT2D eigenvalue weighted by Crippen LogP contribution is -2.23. The van der Waals surface area contributed by atoms with Gasteiger partial charge in [-0.1, -0.05) is 38.4 Å². The van der Waals surface area contributed by atoms with E-state index in [1.54, 1.807) is 10.6 Å². The van der Waals surface area contributed by atoms with E-state index in [-0.39, 0.29) is 29.3 Å². The van der Waals surface area contributed by atoms with Crippen LogP contribution in [0.25, 0.3) is 10.9 Å². The normalized spacial score (nSPS) is 12.7. The number of carbonyl (C=O) groups is 1. The van der Waals surface area contributed by atoms with Gasteiger partial charge < -0.3 is 18.6 Å². The summed E-state index contributed by atoms with van der Waals surface area (Å²) in [6.45, 7) is 5.95. The molecule has 2 aromatic carbocycles. The molecule has 0 radical (unpaired) electrons. The largest absolute Gasteiger partial charge is 0.496 e. The van der Waals surface area contributed by atoms with E-state index in [0.29, 0.717) is 23.3 Å². The van der Waals surface area contributed by atoms with Crippen molar-refractivity contribution in [2.24, 2.45) is 5.92 Å². The van der Waals surface area contributed by atoms with Crippen LogP contribution in [0, 0.1) is 11.7 Å². The number of carboxylic acid groups (broad SMARTS) is 1. The molecule has 0 bridgehead atoms. The van der Waals surface area contributed by atoms with E-state index < -0.39 is 43.9 Å². The zero-order valence-corrected chi connectivity index (χ0v) is 21.5. The highest BCUT2D eigenvalue weighted by Gasteiger charge is 2.23. The Balaban J connectivity index is 2.24. The van der Waals surface area contributed by atoms with Crippen molar-refractivity contribution >= 4 is 38.9 Å². The van der Waals surface area contributed by atoms with Gasteiger partial charge in [0.15, 0.2) is 5.75 Å². The number of aromatic nitrogens is 1. The molecule has 0 aliphatic rings. The molecule has 3 aromatic rings. The summed E-state index contributed by atoms with van der Waals surface area (Å²) in [7, 11) is -3.51. The first-order chi connectivity index (χ1) is 16.8. The van der Waals surface area contributed by atoms with Crippen LogP contribution in [0.3, 0.4) is 0 Å². The Labute approximate surface area is 212 Å². The second-order valence-corrected chi connectivity index (χ2v) is 9.92. The number of rotatable bonds is 9. The number of pyridine rings is 1. The number of nitrogens with zero attached hydrogens (tertiary/aromatic N) is 1. The van der Waals surface area contributed by atoms with Crippen LogP contribution in [0.2, 0.25) is 5.02 Å². The molecule has 0 amide bonds. The first-order valence-electron chi connectivity index (χ1n) is 10.9. The van der Waals surface area contributed by atoms with Gasteiger partial charge in [0.1, 0.15) is 22.2 Å². The van der Waals surface area contributed by atoms with Gasteiger partial charge in [0.2, 0.25) is 5.43 Å². The highest BCUT2D eigenvalue weighted by atomic mass is 35.5. The van der Waals surface area contributed by atoms with Crippen LogP contribution in [-0.4, -0.2) is 35.7 Å². The van der Waals surface area contributed by atoms with Gasteiger partial charge in [0.05, 0.1) is 12.6 Å². The Morgan fingerprint density at radius 1 is 1.19 bits per heavy atom. The van der Waals surface area contributed by atoms with E-state index in [9.17, 15) is 27.5 Å².